The number of hydrogen-bond donors (Lipinski definition) is 0. The largest absolute Gasteiger partial charge is 0.462 e. The third-order valence-electron chi connectivity index (χ3n) is 13.2. The smallest absolute Gasteiger partial charge is 0.306 e. The van der Waals surface area contributed by atoms with Crippen molar-refractivity contribution in [3.05, 3.63) is 72.9 Å². The number of carbonyl (C=O) groups excluding carboxylic acids is 3. The summed E-state index contributed by atoms with van der Waals surface area (Å²) in [5, 5.41) is 0. The van der Waals surface area contributed by atoms with E-state index in [1.165, 1.54) is 167 Å². The molecule has 71 heavy (non-hydrogen) atoms. The number of unbranched alkanes of at least 4 members (excludes halogenated alkanes) is 32. The third kappa shape index (κ3) is 57.6. The highest BCUT2D eigenvalue weighted by molar-refractivity contribution is 5.71. The molecule has 0 aliphatic heterocycles. The summed E-state index contributed by atoms with van der Waals surface area (Å²) in [4.78, 5) is 38.2. The van der Waals surface area contributed by atoms with Gasteiger partial charge in [0.05, 0.1) is 0 Å². The average Bonchev–Trinajstić information content (AvgIpc) is 3.37. The number of esters is 3. The van der Waals surface area contributed by atoms with E-state index in [1.807, 2.05) is 0 Å². The molecule has 6 nitrogen and oxygen atoms in total. The molecule has 0 aliphatic rings. The number of hydrogen-bond acceptors (Lipinski definition) is 6. The minimum Gasteiger partial charge on any atom is -0.462 e. The van der Waals surface area contributed by atoms with Crippen molar-refractivity contribution >= 4 is 17.9 Å². The molecule has 6 heteroatoms. The molecule has 0 heterocycles. The summed E-state index contributed by atoms with van der Waals surface area (Å²) in [7, 11) is 0. The second-order valence-electron chi connectivity index (χ2n) is 20.2. The summed E-state index contributed by atoms with van der Waals surface area (Å²) in [5.74, 6) is -0.915. The molecular formula is C65H114O6. The van der Waals surface area contributed by atoms with Crippen LogP contribution in [0.25, 0.3) is 0 Å². The second-order valence-corrected chi connectivity index (χ2v) is 20.2. The highest BCUT2D eigenvalue weighted by atomic mass is 16.6. The lowest BCUT2D eigenvalue weighted by molar-refractivity contribution is -0.167. The van der Waals surface area contributed by atoms with Crippen LogP contribution < -0.4 is 0 Å². The van der Waals surface area contributed by atoms with Gasteiger partial charge in [-0.1, -0.05) is 286 Å². The maximum absolute atomic E-state index is 12.9. The van der Waals surface area contributed by atoms with E-state index in [9.17, 15) is 14.4 Å². The predicted molar refractivity (Wildman–Crippen MR) is 307 cm³/mol. The number of allylic oxidation sites excluding steroid dienone is 12. The van der Waals surface area contributed by atoms with E-state index >= 15 is 0 Å². The molecule has 0 rings (SSSR count). The van der Waals surface area contributed by atoms with E-state index in [0.717, 1.165) is 96.3 Å². The van der Waals surface area contributed by atoms with Gasteiger partial charge in [-0.25, -0.2) is 0 Å². The summed E-state index contributed by atoms with van der Waals surface area (Å²) in [6, 6.07) is 0. The molecular weight excluding hydrogens is 877 g/mol. The molecule has 0 aliphatic carbocycles. The molecule has 0 aromatic carbocycles. The summed E-state index contributed by atoms with van der Waals surface area (Å²) in [6.07, 6.45) is 76.1. The molecule has 0 saturated carbocycles. The minimum absolute atomic E-state index is 0.0851. The molecule has 0 saturated heterocycles. The van der Waals surface area contributed by atoms with Crippen LogP contribution in [0.4, 0.5) is 0 Å². The van der Waals surface area contributed by atoms with E-state index in [-0.39, 0.29) is 31.1 Å². The standard InChI is InChI=1S/C65H114O6/c1-4-7-10-13-16-19-22-25-28-30-32-33-34-36-37-40-43-46-49-52-55-58-64(67)70-61-62(60-69-63(66)57-54-51-48-45-42-39-27-24-21-18-15-12-9-6-3)71-65(68)59-56-53-50-47-44-41-38-35-31-29-26-23-20-17-14-11-8-5-2/h7,10,16,19,25,28,32-33,36-37,43,46,62H,4-6,8-9,11-15,17-18,20-24,26-27,29-31,34-35,38-42,44-45,47-61H2,1-3H3/b10-7-,19-16-,28-25-,33-32-,37-36-,46-43-. The van der Waals surface area contributed by atoms with Crippen LogP contribution in [0, 0.1) is 0 Å². The van der Waals surface area contributed by atoms with Gasteiger partial charge in [0.15, 0.2) is 6.10 Å². The highest BCUT2D eigenvalue weighted by Gasteiger charge is 2.19. The van der Waals surface area contributed by atoms with Crippen LogP contribution in [-0.2, 0) is 28.6 Å². The first kappa shape index (κ1) is 67.8. The molecule has 0 aromatic rings. The second kappa shape index (κ2) is 59.4. The molecule has 0 N–H and O–H groups in total. The van der Waals surface area contributed by atoms with E-state index < -0.39 is 6.10 Å². The van der Waals surface area contributed by atoms with Crippen molar-refractivity contribution in [1.29, 1.82) is 0 Å². The fraction of sp³-hybridized carbons (Fsp3) is 0.769. The van der Waals surface area contributed by atoms with Gasteiger partial charge in [-0.05, 0) is 70.6 Å². The summed E-state index contributed by atoms with van der Waals surface area (Å²) in [6.45, 7) is 6.53. The van der Waals surface area contributed by atoms with Gasteiger partial charge in [-0.15, -0.1) is 0 Å². The first-order valence-electron chi connectivity index (χ1n) is 30.4. The van der Waals surface area contributed by atoms with Crippen LogP contribution >= 0.6 is 0 Å². The van der Waals surface area contributed by atoms with Crippen LogP contribution in [-0.4, -0.2) is 37.2 Å². The fourth-order valence-corrected chi connectivity index (χ4v) is 8.68. The van der Waals surface area contributed by atoms with Crippen molar-refractivity contribution < 1.29 is 28.6 Å². The van der Waals surface area contributed by atoms with E-state index in [1.54, 1.807) is 0 Å². The summed E-state index contributed by atoms with van der Waals surface area (Å²) in [5.41, 5.74) is 0. The topological polar surface area (TPSA) is 78.9 Å². The first-order chi connectivity index (χ1) is 35.0. The Labute approximate surface area is 440 Å². The van der Waals surface area contributed by atoms with Gasteiger partial charge in [0.25, 0.3) is 0 Å². The molecule has 0 spiro atoms. The van der Waals surface area contributed by atoms with Crippen molar-refractivity contribution in [1.82, 2.24) is 0 Å². The maximum atomic E-state index is 12.9. The van der Waals surface area contributed by atoms with Gasteiger partial charge in [0.2, 0.25) is 0 Å². The summed E-state index contributed by atoms with van der Waals surface area (Å²) < 4.78 is 16.9. The quantitative estimate of drug-likeness (QED) is 0.0261. The zero-order valence-corrected chi connectivity index (χ0v) is 47.0. The molecule has 0 fully saturated rings. The predicted octanol–water partition coefficient (Wildman–Crippen LogP) is 20.5. The van der Waals surface area contributed by atoms with Gasteiger partial charge in [0.1, 0.15) is 13.2 Å². The molecule has 0 amide bonds. The Morgan fingerprint density at radius 2 is 0.549 bits per heavy atom. The number of carbonyl (C=O) groups is 3. The van der Waals surface area contributed by atoms with E-state index in [2.05, 4.69) is 93.7 Å². The van der Waals surface area contributed by atoms with Gasteiger partial charge in [-0.3, -0.25) is 14.4 Å². The van der Waals surface area contributed by atoms with Crippen molar-refractivity contribution in [3.8, 4) is 0 Å². The van der Waals surface area contributed by atoms with Crippen LogP contribution in [0.1, 0.15) is 303 Å². The lowest BCUT2D eigenvalue weighted by Gasteiger charge is -2.18. The van der Waals surface area contributed by atoms with Crippen LogP contribution in [0.15, 0.2) is 72.9 Å². The molecule has 1 unspecified atom stereocenters. The van der Waals surface area contributed by atoms with E-state index in [0.29, 0.717) is 19.3 Å². The Balaban J connectivity index is 4.42. The van der Waals surface area contributed by atoms with Gasteiger partial charge in [0, 0.05) is 19.3 Å². The molecule has 0 bridgehead atoms. The lowest BCUT2D eigenvalue weighted by atomic mass is 10.0. The lowest BCUT2D eigenvalue weighted by Crippen LogP contribution is -2.30. The van der Waals surface area contributed by atoms with E-state index in [4.69, 9.17) is 14.2 Å². The van der Waals surface area contributed by atoms with Gasteiger partial charge >= 0.3 is 17.9 Å². The first-order valence-corrected chi connectivity index (χ1v) is 30.4. The Hall–Kier alpha value is -3.15. The fourth-order valence-electron chi connectivity index (χ4n) is 8.68. The summed E-state index contributed by atoms with van der Waals surface area (Å²) >= 11 is 0. The Bertz CT molecular complexity index is 1320. The molecule has 0 aromatic heterocycles. The maximum Gasteiger partial charge on any atom is 0.306 e. The number of ether oxygens (including phenoxy) is 3. The van der Waals surface area contributed by atoms with Crippen LogP contribution in [0.5, 0.6) is 0 Å². The van der Waals surface area contributed by atoms with Gasteiger partial charge in [-0.2, -0.15) is 0 Å². The molecule has 0 radical (unpaired) electrons. The molecule has 1 atom stereocenters. The minimum atomic E-state index is -0.791. The number of rotatable bonds is 55. The average molecular weight is 992 g/mol. The zero-order valence-electron chi connectivity index (χ0n) is 47.0. The van der Waals surface area contributed by atoms with Crippen molar-refractivity contribution in [3.63, 3.8) is 0 Å². The zero-order chi connectivity index (χ0) is 51.4. The van der Waals surface area contributed by atoms with Gasteiger partial charge < -0.3 is 14.2 Å². The van der Waals surface area contributed by atoms with Crippen LogP contribution in [0.2, 0.25) is 0 Å². The van der Waals surface area contributed by atoms with Crippen molar-refractivity contribution in [2.75, 3.05) is 13.2 Å². The highest BCUT2D eigenvalue weighted by Crippen LogP contribution is 2.17. The molecule has 410 valence electrons. The third-order valence-corrected chi connectivity index (χ3v) is 13.2. The van der Waals surface area contributed by atoms with Crippen molar-refractivity contribution in [2.24, 2.45) is 0 Å². The Morgan fingerprint density at radius 1 is 0.296 bits per heavy atom. The monoisotopic (exact) mass is 991 g/mol. The van der Waals surface area contributed by atoms with Crippen LogP contribution in [0.3, 0.4) is 0 Å². The van der Waals surface area contributed by atoms with Crippen molar-refractivity contribution in [2.45, 2.75) is 309 Å². The Morgan fingerprint density at radius 3 is 0.859 bits per heavy atom. The SMILES string of the molecule is CC/C=C\C/C=C\C/C=C\C/C=C\C/C=C\C/C=C\CCCCC(=O)OCC(COC(=O)CCCCCCCCCCCCCCCC)OC(=O)CCCCCCCCCCCCCCCCCCCC. The Kier molecular flexibility index (Phi) is 56.8. The normalized spacial score (nSPS) is 12.5.